The van der Waals surface area contributed by atoms with E-state index in [1.54, 1.807) is 7.11 Å². The zero-order chi connectivity index (χ0) is 13.3. The van der Waals surface area contributed by atoms with Crippen LogP contribution >= 0.6 is 0 Å². The van der Waals surface area contributed by atoms with Crippen LogP contribution in [-0.2, 0) is 10.2 Å². The van der Waals surface area contributed by atoms with E-state index in [0.717, 1.165) is 11.5 Å². The number of nitrogens with two attached hydrogens (primary N) is 1. The van der Waals surface area contributed by atoms with Crippen molar-refractivity contribution >= 4 is 0 Å². The Bertz CT molecular complexity index is 447. The first kappa shape index (κ1) is 12.8. The monoisotopic (exact) mass is 263 g/mol. The summed E-state index contributed by atoms with van der Waals surface area (Å²) >= 11 is 0. The minimum absolute atomic E-state index is 0.152. The van der Waals surface area contributed by atoms with Crippen molar-refractivity contribution < 1.29 is 14.2 Å². The predicted octanol–water partition coefficient (Wildman–Crippen LogP) is 1.85. The predicted molar refractivity (Wildman–Crippen MR) is 72.8 cm³/mol. The van der Waals surface area contributed by atoms with E-state index in [2.05, 4.69) is 12.1 Å². The lowest BCUT2D eigenvalue weighted by Gasteiger charge is -2.42. The van der Waals surface area contributed by atoms with Gasteiger partial charge in [-0.3, -0.25) is 0 Å². The fourth-order valence-corrected chi connectivity index (χ4v) is 2.77. The molecule has 0 bridgehead atoms. The van der Waals surface area contributed by atoms with Gasteiger partial charge < -0.3 is 19.9 Å². The van der Waals surface area contributed by atoms with E-state index in [1.165, 1.54) is 24.8 Å². The van der Waals surface area contributed by atoms with Gasteiger partial charge in [-0.05, 0) is 30.5 Å². The normalized spacial score (nSPS) is 21.4. The fourth-order valence-electron chi connectivity index (χ4n) is 2.77. The van der Waals surface area contributed by atoms with Gasteiger partial charge in [-0.25, -0.2) is 0 Å². The third-order valence-corrected chi connectivity index (χ3v) is 4.38. The maximum absolute atomic E-state index is 5.97. The molecule has 1 saturated carbocycles. The molecular weight excluding hydrogens is 242 g/mol. The number of benzene rings is 1. The second kappa shape index (κ2) is 5.02. The highest BCUT2D eigenvalue weighted by Gasteiger charge is 2.38. The molecule has 1 aromatic carbocycles. The molecule has 4 nitrogen and oxygen atoms in total. The standard InChI is InChI=1S/C15H21NO3/c1-17-13-4-3-11(15(10-16)5-2-6-15)7-14(13)19-12-8-18-9-12/h3-4,7,12H,2,5-6,8-10,16H2,1H3. The highest BCUT2D eigenvalue weighted by Crippen LogP contribution is 2.45. The van der Waals surface area contributed by atoms with E-state index in [-0.39, 0.29) is 11.5 Å². The van der Waals surface area contributed by atoms with Crippen molar-refractivity contribution in [3.63, 3.8) is 0 Å². The van der Waals surface area contributed by atoms with Crippen molar-refractivity contribution in [3.05, 3.63) is 23.8 Å². The second-order valence-electron chi connectivity index (χ2n) is 5.48. The molecule has 0 spiro atoms. The largest absolute Gasteiger partial charge is 0.493 e. The van der Waals surface area contributed by atoms with Gasteiger partial charge >= 0.3 is 0 Å². The number of methoxy groups -OCH3 is 1. The van der Waals surface area contributed by atoms with E-state index >= 15 is 0 Å². The van der Waals surface area contributed by atoms with Gasteiger partial charge in [0, 0.05) is 12.0 Å². The minimum atomic E-state index is 0.152. The molecule has 0 radical (unpaired) electrons. The molecule has 2 N–H and O–H groups in total. The summed E-state index contributed by atoms with van der Waals surface area (Å²) in [6.07, 6.45) is 3.75. The van der Waals surface area contributed by atoms with Gasteiger partial charge in [0.2, 0.25) is 0 Å². The Morgan fingerprint density at radius 3 is 2.58 bits per heavy atom. The van der Waals surface area contributed by atoms with Crippen molar-refractivity contribution in [2.75, 3.05) is 26.9 Å². The zero-order valence-corrected chi connectivity index (χ0v) is 11.4. The van der Waals surface area contributed by atoms with Crippen LogP contribution < -0.4 is 15.2 Å². The molecule has 0 atom stereocenters. The molecular formula is C15H21NO3. The summed E-state index contributed by atoms with van der Waals surface area (Å²) in [5.41, 5.74) is 7.40. The van der Waals surface area contributed by atoms with Crippen LogP contribution in [0.4, 0.5) is 0 Å². The lowest BCUT2D eigenvalue weighted by Crippen LogP contribution is -2.41. The Kier molecular flexibility index (Phi) is 3.37. The van der Waals surface area contributed by atoms with Crippen molar-refractivity contribution in [2.24, 2.45) is 5.73 Å². The van der Waals surface area contributed by atoms with Gasteiger partial charge in [-0.1, -0.05) is 12.5 Å². The van der Waals surface area contributed by atoms with Gasteiger partial charge in [0.1, 0.15) is 6.10 Å². The van der Waals surface area contributed by atoms with Crippen LogP contribution in [0.15, 0.2) is 18.2 Å². The van der Waals surface area contributed by atoms with E-state index in [4.69, 9.17) is 19.9 Å². The molecule has 1 aromatic rings. The van der Waals surface area contributed by atoms with Crippen LogP contribution in [0.3, 0.4) is 0 Å². The third-order valence-electron chi connectivity index (χ3n) is 4.38. The highest BCUT2D eigenvalue weighted by atomic mass is 16.6. The molecule has 3 rings (SSSR count). The smallest absolute Gasteiger partial charge is 0.162 e. The molecule has 1 heterocycles. The van der Waals surface area contributed by atoms with Gasteiger partial charge in [0.25, 0.3) is 0 Å². The van der Waals surface area contributed by atoms with E-state index in [0.29, 0.717) is 19.8 Å². The lowest BCUT2D eigenvalue weighted by atomic mass is 9.64. The average molecular weight is 263 g/mol. The SMILES string of the molecule is COc1ccc(C2(CN)CCC2)cc1OC1COC1. The molecule has 19 heavy (non-hydrogen) atoms. The summed E-state index contributed by atoms with van der Waals surface area (Å²) in [5, 5.41) is 0. The number of rotatable bonds is 5. The summed E-state index contributed by atoms with van der Waals surface area (Å²) in [6.45, 7) is 2.02. The minimum Gasteiger partial charge on any atom is -0.493 e. The van der Waals surface area contributed by atoms with Crippen LogP contribution in [0.25, 0.3) is 0 Å². The molecule has 0 amide bonds. The molecule has 2 fully saturated rings. The van der Waals surface area contributed by atoms with E-state index in [9.17, 15) is 0 Å². The van der Waals surface area contributed by atoms with E-state index in [1.807, 2.05) is 6.07 Å². The molecule has 2 aliphatic rings. The van der Waals surface area contributed by atoms with Crippen molar-refractivity contribution in [1.29, 1.82) is 0 Å². The maximum atomic E-state index is 5.97. The third kappa shape index (κ3) is 2.19. The highest BCUT2D eigenvalue weighted by molar-refractivity contribution is 5.46. The lowest BCUT2D eigenvalue weighted by molar-refractivity contribution is -0.0804. The first-order valence-corrected chi connectivity index (χ1v) is 6.90. The quantitative estimate of drug-likeness (QED) is 0.881. The molecule has 1 aliphatic heterocycles. The summed E-state index contributed by atoms with van der Waals surface area (Å²) in [6, 6.07) is 6.21. The van der Waals surface area contributed by atoms with Gasteiger partial charge in [0.05, 0.1) is 20.3 Å². The Hall–Kier alpha value is -1.26. The molecule has 1 aliphatic carbocycles. The maximum Gasteiger partial charge on any atom is 0.162 e. The summed E-state index contributed by atoms with van der Waals surface area (Å²) in [7, 11) is 1.67. The first-order valence-electron chi connectivity index (χ1n) is 6.90. The van der Waals surface area contributed by atoms with Crippen LogP contribution in [0.2, 0.25) is 0 Å². The Morgan fingerprint density at radius 1 is 1.32 bits per heavy atom. The van der Waals surface area contributed by atoms with Gasteiger partial charge in [-0.15, -0.1) is 0 Å². The molecule has 0 aromatic heterocycles. The Labute approximate surface area is 113 Å². The van der Waals surface area contributed by atoms with Crippen LogP contribution in [-0.4, -0.2) is 33.0 Å². The molecule has 0 unspecified atom stereocenters. The summed E-state index contributed by atoms with van der Waals surface area (Å²) < 4.78 is 16.4. The van der Waals surface area contributed by atoms with E-state index < -0.39 is 0 Å². The van der Waals surface area contributed by atoms with Crippen LogP contribution in [0.5, 0.6) is 11.5 Å². The second-order valence-corrected chi connectivity index (χ2v) is 5.48. The molecule has 1 saturated heterocycles. The van der Waals surface area contributed by atoms with Crippen LogP contribution in [0, 0.1) is 0 Å². The first-order chi connectivity index (χ1) is 9.27. The summed E-state index contributed by atoms with van der Waals surface area (Å²) in [5.74, 6) is 1.59. The molecule has 104 valence electrons. The Balaban J connectivity index is 1.87. The van der Waals surface area contributed by atoms with Crippen molar-refractivity contribution in [3.8, 4) is 11.5 Å². The number of hydrogen-bond acceptors (Lipinski definition) is 4. The Morgan fingerprint density at radius 2 is 2.11 bits per heavy atom. The average Bonchev–Trinajstić information content (AvgIpc) is 2.33. The van der Waals surface area contributed by atoms with Gasteiger partial charge in [-0.2, -0.15) is 0 Å². The summed E-state index contributed by atoms with van der Waals surface area (Å²) in [4.78, 5) is 0. The zero-order valence-electron chi connectivity index (χ0n) is 11.4. The number of ether oxygens (including phenoxy) is 3. The van der Waals surface area contributed by atoms with Crippen molar-refractivity contribution in [1.82, 2.24) is 0 Å². The fraction of sp³-hybridized carbons (Fsp3) is 0.600. The topological polar surface area (TPSA) is 53.7 Å². The van der Waals surface area contributed by atoms with Gasteiger partial charge in [0.15, 0.2) is 11.5 Å². The molecule has 4 heteroatoms. The van der Waals surface area contributed by atoms with Crippen molar-refractivity contribution in [2.45, 2.75) is 30.8 Å². The number of hydrogen-bond donors (Lipinski definition) is 1. The van der Waals surface area contributed by atoms with Crippen LogP contribution in [0.1, 0.15) is 24.8 Å².